The molecule has 1 fully saturated rings. The van der Waals surface area contributed by atoms with Crippen molar-refractivity contribution in [3.05, 3.63) is 0 Å². The fourth-order valence-corrected chi connectivity index (χ4v) is 1.93. The average molecular weight is 201 g/mol. The highest BCUT2D eigenvalue weighted by Gasteiger charge is 2.48. The van der Waals surface area contributed by atoms with E-state index in [2.05, 4.69) is 0 Å². The molecule has 0 aromatic rings. The summed E-state index contributed by atoms with van der Waals surface area (Å²) in [6.45, 7) is 0.509. The SMILES string of the molecule is NCC1CCC(C(=O)O)(C(=O)O)CC1. The van der Waals surface area contributed by atoms with Crippen LogP contribution in [0.15, 0.2) is 0 Å². The molecular weight excluding hydrogens is 186 g/mol. The molecule has 4 N–H and O–H groups in total. The second kappa shape index (κ2) is 3.96. The minimum Gasteiger partial charge on any atom is -0.480 e. The van der Waals surface area contributed by atoms with E-state index < -0.39 is 17.4 Å². The van der Waals surface area contributed by atoms with Crippen molar-refractivity contribution in [3.8, 4) is 0 Å². The van der Waals surface area contributed by atoms with Gasteiger partial charge in [0.25, 0.3) is 0 Å². The minimum atomic E-state index is -1.56. The van der Waals surface area contributed by atoms with Crippen LogP contribution in [0.5, 0.6) is 0 Å². The lowest BCUT2D eigenvalue weighted by atomic mass is 9.70. The molecular formula is C9H15NO4. The quantitative estimate of drug-likeness (QED) is 0.570. The Labute approximate surface area is 81.9 Å². The maximum atomic E-state index is 10.9. The highest BCUT2D eigenvalue weighted by Crippen LogP contribution is 2.39. The van der Waals surface area contributed by atoms with Crippen LogP contribution in [0.3, 0.4) is 0 Å². The number of carbonyl (C=O) groups is 2. The molecule has 1 saturated carbocycles. The molecule has 5 nitrogen and oxygen atoms in total. The molecule has 0 radical (unpaired) electrons. The molecule has 0 amide bonds. The van der Waals surface area contributed by atoms with Gasteiger partial charge in [-0.1, -0.05) is 0 Å². The zero-order valence-electron chi connectivity index (χ0n) is 7.90. The van der Waals surface area contributed by atoms with Gasteiger partial charge in [-0.15, -0.1) is 0 Å². The summed E-state index contributed by atoms with van der Waals surface area (Å²) in [5, 5.41) is 17.8. The molecule has 0 aromatic heterocycles. The van der Waals surface area contributed by atoms with Gasteiger partial charge in [0.05, 0.1) is 0 Å². The van der Waals surface area contributed by atoms with Gasteiger partial charge >= 0.3 is 11.9 Å². The Morgan fingerprint density at radius 3 is 1.93 bits per heavy atom. The summed E-state index contributed by atoms with van der Waals surface area (Å²) in [6, 6.07) is 0. The summed E-state index contributed by atoms with van der Waals surface area (Å²) in [7, 11) is 0. The Kier molecular flexibility index (Phi) is 3.10. The third-order valence-corrected chi connectivity index (χ3v) is 3.11. The van der Waals surface area contributed by atoms with Crippen LogP contribution < -0.4 is 5.73 Å². The fourth-order valence-electron chi connectivity index (χ4n) is 1.93. The van der Waals surface area contributed by atoms with Crippen molar-refractivity contribution < 1.29 is 19.8 Å². The predicted molar refractivity (Wildman–Crippen MR) is 48.7 cm³/mol. The predicted octanol–water partition coefficient (Wildman–Crippen LogP) is 0.291. The lowest BCUT2D eigenvalue weighted by Gasteiger charge is -2.32. The van der Waals surface area contributed by atoms with Gasteiger partial charge in [0.1, 0.15) is 0 Å². The number of rotatable bonds is 3. The van der Waals surface area contributed by atoms with E-state index >= 15 is 0 Å². The van der Waals surface area contributed by atoms with E-state index in [0.29, 0.717) is 19.4 Å². The van der Waals surface area contributed by atoms with Crippen LogP contribution in [0.1, 0.15) is 25.7 Å². The summed E-state index contributed by atoms with van der Waals surface area (Å²) in [6.07, 6.45) is 1.57. The average Bonchev–Trinajstić information content (AvgIpc) is 2.17. The zero-order valence-corrected chi connectivity index (χ0v) is 7.90. The first-order valence-electron chi connectivity index (χ1n) is 4.70. The second-order valence-electron chi connectivity index (χ2n) is 3.87. The van der Waals surface area contributed by atoms with Crippen molar-refractivity contribution in [2.45, 2.75) is 25.7 Å². The molecule has 5 heteroatoms. The van der Waals surface area contributed by atoms with E-state index in [4.69, 9.17) is 15.9 Å². The third kappa shape index (κ3) is 1.72. The molecule has 0 aromatic carbocycles. The molecule has 0 saturated heterocycles. The van der Waals surface area contributed by atoms with E-state index in [-0.39, 0.29) is 18.8 Å². The van der Waals surface area contributed by atoms with Crippen LogP contribution in [0.25, 0.3) is 0 Å². The normalized spacial score (nSPS) is 21.8. The maximum absolute atomic E-state index is 10.9. The Bertz CT molecular complexity index is 227. The largest absolute Gasteiger partial charge is 0.480 e. The summed E-state index contributed by atoms with van der Waals surface area (Å²) >= 11 is 0. The van der Waals surface area contributed by atoms with Crippen LogP contribution in [-0.2, 0) is 9.59 Å². The lowest BCUT2D eigenvalue weighted by Crippen LogP contribution is -2.43. The van der Waals surface area contributed by atoms with Crippen molar-refractivity contribution in [1.29, 1.82) is 0 Å². The summed E-state index contributed by atoms with van der Waals surface area (Å²) in [5.74, 6) is -2.16. The van der Waals surface area contributed by atoms with Crippen molar-refractivity contribution in [3.63, 3.8) is 0 Å². The van der Waals surface area contributed by atoms with Crippen LogP contribution in [0.4, 0.5) is 0 Å². The Morgan fingerprint density at radius 1 is 1.21 bits per heavy atom. The van der Waals surface area contributed by atoms with Gasteiger partial charge in [-0.25, -0.2) is 0 Å². The Hall–Kier alpha value is -1.10. The molecule has 80 valence electrons. The summed E-state index contributed by atoms with van der Waals surface area (Å²) in [5.41, 5.74) is 3.89. The van der Waals surface area contributed by atoms with E-state index in [0.717, 1.165) is 0 Å². The van der Waals surface area contributed by atoms with Crippen molar-refractivity contribution >= 4 is 11.9 Å². The smallest absolute Gasteiger partial charge is 0.321 e. The first kappa shape index (κ1) is 11.0. The van der Waals surface area contributed by atoms with E-state index in [9.17, 15) is 9.59 Å². The van der Waals surface area contributed by atoms with E-state index in [1.54, 1.807) is 0 Å². The highest BCUT2D eigenvalue weighted by molar-refractivity contribution is 5.98. The molecule has 0 heterocycles. The molecule has 0 spiro atoms. The van der Waals surface area contributed by atoms with Crippen molar-refractivity contribution in [1.82, 2.24) is 0 Å². The monoisotopic (exact) mass is 201 g/mol. The molecule has 0 bridgehead atoms. The van der Waals surface area contributed by atoms with Gasteiger partial charge in [0, 0.05) is 0 Å². The lowest BCUT2D eigenvalue weighted by molar-refractivity contribution is -0.167. The fraction of sp³-hybridized carbons (Fsp3) is 0.778. The Balaban J connectivity index is 2.75. The summed E-state index contributed by atoms with van der Waals surface area (Å²) in [4.78, 5) is 21.8. The standard InChI is InChI=1S/C9H15NO4/c10-5-6-1-3-9(4-2-6,7(11)12)8(13)14/h6H,1-5,10H2,(H,11,12)(H,13,14). The van der Waals surface area contributed by atoms with Gasteiger partial charge in [-0.3, -0.25) is 9.59 Å². The molecule has 1 aliphatic carbocycles. The second-order valence-corrected chi connectivity index (χ2v) is 3.87. The van der Waals surface area contributed by atoms with E-state index in [1.165, 1.54) is 0 Å². The van der Waals surface area contributed by atoms with Gasteiger partial charge in [-0.2, -0.15) is 0 Å². The maximum Gasteiger partial charge on any atom is 0.321 e. The summed E-state index contributed by atoms with van der Waals surface area (Å²) < 4.78 is 0. The van der Waals surface area contributed by atoms with Gasteiger partial charge < -0.3 is 15.9 Å². The van der Waals surface area contributed by atoms with Gasteiger partial charge in [0.15, 0.2) is 5.41 Å². The van der Waals surface area contributed by atoms with Crippen LogP contribution >= 0.6 is 0 Å². The zero-order chi connectivity index (χ0) is 10.8. The topological polar surface area (TPSA) is 101 Å². The number of nitrogens with two attached hydrogens (primary N) is 1. The number of hydrogen-bond donors (Lipinski definition) is 3. The number of carboxylic acid groups (broad SMARTS) is 2. The molecule has 0 aliphatic heterocycles. The van der Waals surface area contributed by atoms with E-state index in [1.807, 2.05) is 0 Å². The molecule has 1 rings (SSSR count). The first-order chi connectivity index (χ1) is 6.53. The van der Waals surface area contributed by atoms with Crippen LogP contribution in [0.2, 0.25) is 0 Å². The van der Waals surface area contributed by atoms with Gasteiger partial charge in [-0.05, 0) is 38.1 Å². The third-order valence-electron chi connectivity index (χ3n) is 3.11. The first-order valence-corrected chi connectivity index (χ1v) is 4.70. The molecule has 14 heavy (non-hydrogen) atoms. The van der Waals surface area contributed by atoms with Crippen molar-refractivity contribution in [2.24, 2.45) is 17.1 Å². The molecule has 0 atom stereocenters. The number of hydrogen-bond acceptors (Lipinski definition) is 3. The number of carboxylic acids is 2. The molecule has 1 aliphatic rings. The minimum absolute atomic E-state index is 0.194. The molecule has 0 unspecified atom stereocenters. The van der Waals surface area contributed by atoms with Crippen LogP contribution in [-0.4, -0.2) is 28.7 Å². The van der Waals surface area contributed by atoms with Gasteiger partial charge in [0.2, 0.25) is 0 Å². The Morgan fingerprint density at radius 2 is 1.64 bits per heavy atom. The highest BCUT2D eigenvalue weighted by atomic mass is 16.4. The van der Waals surface area contributed by atoms with Crippen LogP contribution in [0, 0.1) is 11.3 Å². The number of aliphatic carboxylic acids is 2. The van der Waals surface area contributed by atoms with Crippen molar-refractivity contribution in [2.75, 3.05) is 6.54 Å².